The first-order chi connectivity index (χ1) is 9.20. The third-order valence-corrected chi connectivity index (χ3v) is 4.27. The number of phenolic OH excluding ortho intramolecular Hbond substituents is 1. The Labute approximate surface area is 123 Å². The molecule has 2 rings (SSSR count). The number of nitrogens with two attached hydrogens (primary N) is 1. The van der Waals surface area contributed by atoms with Crippen molar-refractivity contribution < 1.29 is 9.90 Å². The average molecular weight is 292 g/mol. The van der Waals surface area contributed by atoms with Crippen LogP contribution in [0, 0.1) is 6.92 Å². The molecule has 108 valence electrons. The zero-order valence-electron chi connectivity index (χ0n) is 12.2. The summed E-state index contributed by atoms with van der Waals surface area (Å²) in [5, 5.41) is 11.4. The van der Waals surface area contributed by atoms with E-state index in [1.807, 2.05) is 25.1 Å². The van der Waals surface area contributed by atoms with E-state index < -0.39 is 0 Å². The van der Waals surface area contributed by atoms with Gasteiger partial charge in [-0.3, -0.25) is 9.80 Å². The van der Waals surface area contributed by atoms with Crippen LogP contribution in [-0.2, 0) is 10.2 Å². The highest BCUT2D eigenvalue weighted by Crippen LogP contribution is 2.35. The summed E-state index contributed by atoms with van der Waals surface area (Å²) in [6.07, 6.45) is 1.83. The Kier molecular flexibility index (Phi) is 3.84. The van der Waals surface area contributed by atoms with Gasteiger partial charge < -0.3 is 5.11 Å². The molecule has 1 fully saturated rings. The third kappa shape index (κ3) is 2.83. The van der Waals surface area contributed by atoms with E-state index in [0.29, 0.717) is 16.5 Å². The van der Waals surface area contributed by atoms with Crippen LogP contribution in [0.4, 0.5) is 0 Å². The van der Waals surface area contributed by atoms with Gasteiger partial charge in [0.15, 0.2) is 0 Å². The molecule has 0 bridgehead atoms. The van der Waals surface area contributed by atoms with Gasteiger partial charge >= 0.3 is 0 Å². The van der Waals surface area contributed by atoms with Crippen molar-refractivity contribution in [1.82, 2.24) is 5.01 Å². The molecule has 1 heterocycles. The lowest BCUT2D eigenvalue weighted by molar-refractivity contribution is -0.124. The molecule has 1 aliphatic rings. The van der Waals surface area contributed by atoms with Crippen LogP contribution in [0.25, 0.3) is 6.08 Å². The van der Waals surface area contributed by atoms with E-state index in [9.17, 15) is 9.90 Å². The lowest BCUT2D eigenvalue weighted by Crippen LogP contribution is -2.31. The van der Waals surface area contributed by atoms with E-state index in [0.717, 1.165) is 16.7 Å². The van der Waals surface area contributed by atoms with Crippen LogP contribution in [0.1, 0.15) is 37.5 Å². The third-order valence-electron chi connectivity index (χ3n) is 3.26. The Morgan fingerprint density at radius 3 is 2.55 bits per heavy atom. The Morgan fingerprint density at radius 1 is 1.40 bits per heavy atom. The number of aromatic hydroxyl groups is 1. The van der Waals surface area contributed by atoms with Crippen molar-refractivity contribution in [2.45, 2.75) is 33.1 Å². The number of benzene rings is 1. The van der Waals surface area contributed by atoms with E-state index in [-0.39, 0.29) is 11.3 Å². The molecular weight excluding hydrogens is 272 g/mol. The summed E-state index contributed by atoms with van der Waals surface area (Å²) in [5.41, 5.74) is 2.45. The number of phenols is 1. The SMILES string of the molecule is Cc1cc(/C=C2\SCN(N)C2=O)cc(C(C)(C)C)c1O. The smallest absolute Gasteiger partial charge is 0.275 e. The average Bonchev–Trinajstić information content (AvgIpc) is 2.64. The molecule has 4 nitrogen and oxygen atoms in total. The molecule has 0 unspecified atom stereocenters. The molecule has 5 heteroatoms. The minimum atomic E-state index is -0.157. The standard InChI is InChI=1S/C15H20N2O2S/c1-9-5-10(6-11(13(9)18)15(2,3)4)7-12-14(19)17(16)8-20-12/h5-7,18H,8,16H2,1-4H3/b12-7-. The molecule has 1 saturated heterocycles. The number of hydrogen-bond donors (Lipinski definition) is 2. The highest BCUT2D eigenvalue weighted by atomic mass is 32.2. The van der Waals surface area contributed by atoms with Gasteiger partial charge in [0.2, 0.25) is 0 Å². The van der Waals surface area contributed by atoms with Crippen molar-refractivity contribution in [3.05, 3.63) is 33.7 Å². The number of carbonyl (C=O) groups excluding carboxylic acids is 1. The highest BCUT2D eigenvalue weighted by molar-refractivity contribution is 8.04. The van der Waals surface area contributed by atoms with Gasteiger partial charge in [-0.05, 0) is 41.7 Å². The molecule has 0 spiro atoms. The Morgan fingerprint density at radius 2 is 2.05 bits per heavy atom. The van der Waals surface area contributed by atoms with Crippen molar-refractivity contribution in [2.24, 2.45) is 5.84 Å². The minimum Gasteiger partial charge on any atom is -0.507 e. The number of hydrazine groups is 1. The largest absolute Gasteiger partial charge is 0.507 e. The van der Waals surface area contributed by atoms with E-state index in [1.165, 1.54) is 16.8 Å². The van der Waals surface area contributed by atoms with Crippen LogP contribution in [0.3, 0.4) is 0 Å². The second-order valence-corrected chi connectivity index (χ2v) is 7.03. The Bertz CT molecular complexity index is 588. The summed E-state index contributed by atoms with van der Waals surface area (Å²) >= 11 is 1.43. The van der Waals surface area contributed by atoms with Gasteiger partial charge in [0.05, 0.1) is 10.8 Å². The van der Waals surface area contributed by atoms with Gasteiger partial charge in [-0.15, -0.1) is 0 Å². The van der Waals surface area contributed by atoms with E-state index in [1.54, 1.807) is 0 Å². The van der Waals surface area contributed by atoms with Crippen LogP contribution in [0.2, 0.25) is 0 Å². The zero-order chi connectivity index (χ0) is 15.1. The lowest BCUT2D eigenvalue weighted by Gasteiger charge is -2.22. The fourth-order valence-electron chi connectivity index (χ4n) is 2.12. The van der Waals surface area contributed by atoms with Gasteiger partial charge in [0.25, 0.3) is 5.91 Å². The number of rotatable bonds is 1. The Balaban J connectivity index is 2.47. The van der Waals surface area contributed by atoms with Crippen LogP contribution in [-0.4, -0.2) is 21.9 Å². The molecule has 1 amide bonds. The number of thioether (sulfide) groups is 1. The number of aryl methyl sites for hydroxylation is 1. The second-order valence-electron chi connectivity index (χ2n) is 6.04. The summed E-state index contributed by atoms with van der Waals surface area (Å²) < 4.78 is 0. The van der Waals surface area contributed by atoms with E-state index in [4.69, 9.17) is 5.84 Å². The maximum Gasteiger partial charge on any atom is 0.275 e. The van der Waals surface area contributed by atoms with E-state index in [2.05, 4.69) is 20.8 Å². The van der Waals surface area contributed by atoms with Crippen LogP contribution in [0.15, 0.2) is 17.0 Å². The van der Waals surface area contributed by atoms with Crippen LogP contribution >= 0.6 is 11.8 Å². The fraction of sp³-hybridized carbons (Fsp3) is 0.400. The summed E-state index contributed by atoms with van der Waals surface area (Å²) in [5.74, 6) is 6.21. The first-order valence-electron chi connectivity index (χ1n) is 6.45. The number of nitrogens with zero attached hydrogens (tertiary/aromatic N) is 1. The molecule has 1 aliphatic heterocycles. The van der Waals surface area contributed by atoms with Crippen molar-refractivity contribution >= 4 is 23.7 Å². The molecule has 3 N–H and O–H groups in total. The molecule has 0 radical (unpaired) electrons. The minimum absolute atomic E-state index is 0.155. The van der Waals surface area contributed by atoms with Crippen molar-refractivity contribution in [3.63, 3.8) is 0 Å². The first kappa shape index (κ1) is 14.9. The number of carbonyl (C=O) groups is 1. The second kappa shape index (κ2) is 5.14. The predicted molar refractivity (Wildman–Crippen MR) is 83.0 cm³/mol. The van der Waals surface area contributed by atoms with Crippen molar-refractivity contribution in [1.29, 1.82) is 0 Å². The summed E-state index contributed by atoms with van der Waals surface area (Å²) in [6, 6.07) is 3.81. The molecule has 0 aliphatic carbocycles. The quantitative estimate of drug-likeness (QED) is 0.474. The fourth-order valence-corrected chi connectivity index (χ4v) is 2.97. The molecule has 20 heavy (non-hydrogen) atoms. The number of amides is 1. The van der Waals surface area contributed by atoms with Gasteiger partial charge in [0.1, 0.15) is 5.75 Å². The summed E-state index contributed by atoms with van der Waals surface area (Å²) in [6.45, 7) is 8.02. The summed E-state index contributed by atoms with van der Waals surface area (Å²) in [7, 11) is 0. The van der Waals surface area contributed by atoms with Crippen molar-refractivity contribution in [3.8, 4) is 5.75 Å². The normalized spacial score (nSPS) is 18.1. The van der Waals surface area contributed by atoms with Gasteiger partial charge in [-0.2, -0.15) is 0 Å². The maximum atomic E-state index is 11.8. The van der Waals surface area contributed by atoms with Gasteiger partial charge in [-0.1, -0.05) is 32.5 Å². The van der Waals surface area contributed by atoms with Crippen LogP contribution < -0.4 is 5.84 Å². The molecule has 0 aromatic heterocycles. The van der Waals surface area contributed by atoms with Crippen LogP contribution in [0.5, 0.6) is 5.75 Å². The van der Waals surface area contributed by atoms with Gasteiger partial charge in [0, 0.05) is 5.56 Å². The zero-order valence-corrected chi connectivity index (χ0v) is 13.0. The van der Waals surface area contributed by atoms with Gasteiger partial charge in [-0.25, -0.2) is 5.84 Å². The monoisotopic (exact) mass is 292 g/mol. The topological polar surface area (TPSA) is 66.6 Å². The predicted octanol–water partition coefficient (Wildman–Crippen LogP) is 2.75. The molecule has 0 atom stereocenters. The van der Waals surface area contributed by atoms with Crippen molar-refractivity contribution in [2.75, 3.05) is 5.88 Å². The molecule has 1 aromatic carbocycles. The maximum absolute atomic E-state index is 11.8. The lowest BCUT2D eigenvalue weighted by atomic mass is 9.84. The first-order valence-corrected chi connectivity index (χ1v) is 7.44. The summed E-state index contributed by atoms with van der Waals surface area (Å²) in [4.78, 5) is 12.4. The Hall–Kier alpha value is -1.46. The molecule has 1 aromatic rings. The van der Waals surface area contributed by atoms with E-state index >= 15 is 0 Å². The highest BCUT2D eigenvalue weighted by Gasteiger charge is 2.25. The molecule has 0 saturated carbocycles. The molecular formula is C15H20N2O2S. The number of hydrogen-bond acceptors (Lipinski definition) is 4.